The van der Waals surface area contributed by atoms with Crippen LogP contribution in [-0.4, -0.2) is 42.5 Å². The predicted octanol–water partition coefficient (Wildman–Crippen LogP) is 5.00. The molecule has 0 bridgehead atoms. The van der Waals surface area contributed by atoms with Gasteiger partial charge in [-0.25, -0.2) is 9.97 Å². The van der Waals surface area contributed by atoms with Gasteiger partial charge in [-0.2, -0.15) is 5.10 Å². The van der Waals surface area contributed by atoms with Gasteiger partial charge in [-0.3, -0.25) is 9.67 Å². The van der Waals surface area contributed by atoms with Crippen molar-refractivity contribution in [2.45, 2.75) is 32.4 Å². The molecule has 0 amide bonds. The average molecular weight is 481 g/mol. The molecule has 8 nitrogen and oxygen atoms in total. The first-order valence-electron chi connectivity index (χ1n) is 11.7. The van der Waals surface area contributed by atoms with Crippen LogP contribution in [0.5, 0.6) is 5.75 Å². The highest BCUT2D eigenvalue weighted by molar-refractivity contribution is 5.92. The van der Waals surface area contributed by atoms with Gasteiger partial charge in [-0.15, -0.1) is 0 Å². The van der Waals surface area contributed by atoms with Crippen molar-refractivity contribution >= 4 is 22.4 Å². The highest BCUT2D eigenvalue weighted by Gasteiger charge is 2.18. The molecule has 0 aliphatic heterocycles. The van der Waals surface area contributed by atoms with Crippen molar-refractivity contribution in [2.24, 2.45) is 0 Å². The van der Waals surface area contributed by atoms with E-state index in [-0.39, 0.29) is 0 Å². The van der Waals surface area contributed by atoms with Crippen LogP contribution in [0, 0.1) is 0 Å². The molecule has 8 heteroatoms. The number of rotatable bonds is 8. The molecule has 0 aliphatic rings. The third-order valence-electron chi connectivity index (χ3n) is 5.75. The molecule has 3 aromatic heterocycles. The zero-order valence-corrected chi connectivity index (χ0v) is 20.5. The van der Waals surface area contributed by atoms with Gasteiger partial charge in [-0.05, 0) is 43.2 Å². The van der Waals surface area contributed by atoms with Gasteiger partial charge in [0.1, 0.15) is 5.69 Å². The van der Waals surface area contributed by atoms with Gasteiger partial charge in [0.15, 0.2) is 17.4 Å². The maximum atomic E-state index is 10.2. The summed E-state index contributed by atoms with van der Waals surface area (Å²) in [5, 5.41) is 19.4. The Morgan fingerprint density at radius 1 is 1.00 bits per heavy atom. The number of methoxy groups -OCH3 is 1. The van der Waals surface area contributed by atoms with Crippen LogP contribution in [0.3, 0.4) is 0 Å². The third kappa shape index (κ3) is 5.18. The summed E-state index contributed by atoms with van der Waals surface area (Å²) in [5.41, 5.74) is 3.95. The van der Waals surface area contributed by atoms with E-state index < -0.39 is 5.60 Å². The first-order valence-corrected chi connectivity index (χ1v) is 11.7. The second-order valence-corrected chi connectivity index (χ2v) is 9.30. The smallest absolute Gasteiger partial charge is 0.183 e. The lowest BCUT2D eigenvalue weighted by atomic mass is 9.97. The minimum absolute atomic E-state index is 0.498. The number of aliphatic hydroxyl groups is 1. The largest absolute Gasteiger partial charge is 0.491 e. The second-order valence-electron chi connectivity index (χ2n) is 9.30. The SMILES string of the molecule is COc1cnc(-c2nn(Cc3cccc(CC(C)(C)O)c3)c3ccccc23)nc1Nc1ccncc1. The van der Waals surface area contributed by atoms with E-state index in [9.17, 15) is 5.11 Å². The van der Waals surface area contributed by atoms with Gasteiger partial charge < -0.3 is 15.2 Å². The highest BCUT2D eigenvalue weighted by Crippen LogP contribution is 2.31. The molecular formula is C28H28N6O2. The summed E-state index contributed by atoms with van der Waals surface area (Å²) in [4.78, 5) is 13.4. The average Bonchev–Trinajstić information content (AvgIpc) is 3.22. The molecule has 36 heavy (non-hydrogen) atoms. The number of ether oxygens (including phenoxy) is 1. The lowest BCUT2D eigenvalue weighted by Gasteiger charge is -2.17. The van der Waals surface area contributed by atoms with Crippen LogP contribution >= 0.6 is 0 Å². The van der Waals surface area contributed by atoms with Crippen LogP contribution in [0.1, 0.15) is 25.0 Å². The number of benzene rings is 2. The Kier molecular flexibility index (Phi) is 6.35. The van der Waals surface area contributed by atoms with E-state index in [2.05, 4.69) is 27.4 Å². The van der Waals surface area contributed by atoms with E-state index in [4.69, 9.17) is 14.8 Å². The molecule has 0 spiro atoms. The van der Waals surface area contributed by atoms with Gasteiger partial charge in [0.25, 0.3) is 0 Å². The summed E-state index contributed by atoms with van der Waals surface area (Å²) in [7, 11) is 1.59. The van der Waals surface area contributed by atoms with Crippen molar-refractivity contribution in [1.29, 1.82) is 0 Å². The van der Waals surface area contributed by atoms with E-state index in [1.165, 1.54) is 0 Å². The predicted molar refractivity (Wildman–Crippen MR) is 140 cm³/mol. The molecule has 2 N–H and O–H groups in total. The lowest BCUT2D eigenvalue weighted by molar-refractivity contribution is 0.0810. The van der Waals surface area contributed by atoms with E-state index in [1.807, 2.05) is 67.1 Å². The standard InChI is InChI=1S/C28H28N6O2/c1-28(2,35)16-19-7-6-8-20(15-19)18-34-23-10-5-4-9-22(23)25(33-34)27-30-17-24(36-3)26(32-27)31-21-11-13-29-14-12-21/h4-15,17,35H,16,18H2,1-3H3,(H,29,30,31,32). The Bertz CT molecular complexity index is 1490. The number of aromatic nitrogens is 5. The van der Waals surface area contributed by atoms with Crippen molar-refractivity contribution in [1.82, 2.24) is 24.7 Å². The summed E-state index contributed by atoms with van der Waals surface area (Å²) >= 11 is 0. The second kappa shape index (κ2) is 9.75. The minimum Gasteiger partial charge on any atom is -0.491 e. The quantitative estimate of drug-likeness (QED) is 0.322. The van der Waals surface area contributed by atoms with E-state index >= 15 is 0 Å². The normalized spacial score (nSPS) is 11.6. The van der Waals surface area contributed by atoms with Gasteiger partial charge in [0.05, 0.1) is 31.0 Å². The first kappa shape index (κ1) is 23.4. The van der Waals surface area contributed by atoms with Crippen LogP contribution in [-0.2, 0) is 13.0 Å². The fourth-order valence-corrected chi connectivity index (χ4v) is 4.22. The zero-order valence-electron chi connectivity index (χ0n) is 20.5. The van der Waals surface area contributed by atoms with Gasteiger partial charge >= 0.3 is 0 Å². The van der Waals surface area contributed by atoms with Crippen molar-refractivity contribution in [2.75, 3.05) is 12.4 Å². The monoisotopic (exact) mass is 480 g/mol. The summed E-state index contributed by atoms with van der Waals surface area (Å²) in [6, 6.07) is 20.0. The molecule has 2 aromatic carbocycles. The fourth-order valence-electron chi connectivity index (χ4n) is 4.22. The zero-order chi connectivity index (χ0) is 25.1. The lowest BCUT2D eigenvalue weighted by Crippen LogP contribution is -2.21. The van der Waals surface area contributed by atoms with Crippen LogP contribution in [0.2, 0.25) is 0 Å². The van der Waals surface area contributed by atoms with Crippen molar-refractivity contribution in [3.63, 3.8) is 0 Å². The van der Waals surface area contributed by atoms with Crippen LogP contribution in [0.4, 0.5) is 11.5 Å². The fraction of sp³-hybridized carbons (Fsp3) is 0.214. The van der Waals surface area contributed by atoms with Crippen LogP contribution < -0.4 is 10.1 Å². The van der Waals surface area contributed by atoms with Crippen molar-refractivity contribution in [3.8, 4) is 17.3 Å². The maximum absolute atomic E-state index is 10.2. The van der Waals surface area contributed by atoms with Crippen LogP contribution in [0.15, 0.2) is 79.3 Å². The van der Waals surface area contributed by atoms with E-state index in [1.54, 1.807) is 25.7 Å². The number of nitrogens with zero attached hydrogens (tertiary/aromatic N) is 5. The number of pyridine rings is 1. The van der Waals surface area contributed by atoms with Crippen LogP contribution in [0.25, 0.3) is 22.4 Å². The van der Waals surface area contributed by atoms with Gasteiger partial charge in [0.2, 0.25) is 0 Å². The third-order valence-corrected chi connectivity index (χ3v) is 5.75. The topological polar surface area (TPSA) is 98.0 Å². The van der Waals surface area contributed by atoms with E-state index in [0.717, 1.165) is 27.7 Å². The molecule has 0 aliphatic carbocycles. The summed E-state index contributed by atoms with van der Waals surface area (Å²) in [5.74, 6) is 1.58. The molecule has 0 unspecified atom stereocenters. The summed E-state index contributed by atoms with van der Waals surface area (Å²) in [6.07, 6.45) is 5.66. The maximum Gasteiger partial charge on any atom is 0.183 e. The Hall–Kier alpha value is -4.30. The number of para-hydroxylation sites is 1. The molecule has 0 radical (unpaired) electrons. The number of nitrogens with one attached hydrogen (secondary N) is 1. The molecule has 182 valence electrons. The summed E-state index contributed by atoms with van der Waals surface area (Å²) < 4.78 is 7.45. The minimum atomic E-state index is -0.766. The van der Waals surface area contributed by atoms with Crippen molar-refractivity contribution in [3.05, 3.63) is 90.4 Å². The Balaban J connectivity index is 1.52. The van der Waals surface area contributed by atoms with Crippen molar-refractivity contribution < 1.29 is 9.84 Å². The Morgan fingerprint density at radius 3 is 2.56 bits per heavy atom. The van der Waals surface area contributed by atoms with Gasteiger partial charge in [-0.1, -0.05) is 42.5 Å². The van der Waals surface area contributed by atoms with Gasteiger partial charge in [0, 0.05) is 29.9 Å². The molecule has 3 heterocycles. The molecular weight excluding hydrogens is 452 g/mol. The van der Waals surface area contributed by atoms with E-state index in [0.29, 0.717) is 36.1 Å². The molecule has 0 fully saturated rings. The number of fused-ring (bicyclic) bond motifs is 1. The first-order chi connectivity index (χ1) is 17.4. The number of hydrogen-bond donors (Lipinski definition) is 2. The Labute approximate surface area is 209 Å². The molecule has 5 rings (SSSR count). The molecule has 5 aromatic rings. The molecule has 0 saturated heterocycles. The summed E-state index contributed by atoms with van der Waals surface area (Å²) in [6.45, 7) is 4.22. The molecule has 0 atom stereocenters. The number of anilines is 2. The Morgan fingerprint density at radius 2 is 1.78 bits per heavy atom. The number of hydrogen-bond acceptors (Lipinski definition) is 7. The molecule has 0 saturated carbocycles. The highest BCUT2D eigenvalue weighted by atomic mass is 16.5.